The number of ether oxygens (including phenoxy) is 1. The molecule has 0 aliphatic rings. The van der Waals surface area contributed by atoms with Gasteiger partial charge in [-0.15, -0.1) is 0 Å². The van der Waals surface area contributed by atoms with E-state index in [1.807, 2.05) is 26.8 Å². The van der Waals surface area contributed by atoms with Crippen molar-refractivity contribution in [2.24, 2.45) is 5.41 Å². The Labute approximate surface area is 201 Å². The summed E-state index contributed by atoms with van der Waals surface area (Å²) >= 11 is 0. The maximum absolute atomic E-state index is 12.7. The number of methoxy groups -OCH3 is 1. The summed E-state index contributed by atoms with van der Waals surface area (Å²) in [5.41, 5.74) is 4.07. The molecule has 0 aliphatic carbocycles. The lowest BCUT2D eigenvalue weighted by Crippen LogP contribution is -2.38. The molecule has 1 heterocycles. The van der Waals surface area contributed by atoms with Gasteiger partial charge < -0.3 is 19.7 Å². The van der Waals surface area contributed by atoms with Crippen LogP contribution in [0.25, 0.3) is 10.9 Å². The van der Waals surface area contributed by atoms with E-state index in [-0.39, 0.29) is 11.5 Å². The van der Waals surface area contributed by atoms with E-state index < -0.39 is 11.4 Å². The van der Waals surface area contributed by atoms with Gasteiger partial charge in [-0.2, -0.15) is 0 Å². The summed E-state index contributed by atoms with van der Waals surface area (Å²) in [5, 5.41) is 13.5. The van der Waals surface area contributed by atoms with Crippen molar-refractivity contribution in [2.75, 3.05) is 13.7 Å². The minimum absolute atomic E-state index is 0.0708. The lowest BCUT2D eigenvalue weighted by Gasteiger charge is -2.23. The molecule has 0 spiro atoms. The van der Waals surface area contributed by atoms with Crippen molar-refractivity contribution in [1.82, 2.24) is 9.88 Å². The number of hydrogen-bond acceptors (Lipinski definition) is 3. The second-order valence-corrected chi connectivity index (χ2v) is 9.52. The summed E-state index contributed by atoms with van der Waals surface area (Å²) < 4.78 is 7.78. The smallest absolute Gasteiger partial charge is 0.335 e. The molecule has 6 heteroatoms. The Bertz CT molecular complexity index is 1180. The average Bonchev–Trinajstić information content (AvgIpc) is 3.13. The van der Waals surface area contributed by atoms with Gasteiger partial charge in [0.05, 0.1) is 12.7 Å². The summed E-state index contributed by atoms with van der Waals surface area (Å²) in [6, 6.07) is 11.5. The number of hydrogen-bond donors (Lipinski definition) is 2. The molecule has 1 aromatic heterocycles. The second kappa shape index (κ2) is 10.8. The van der Waals surface area contributed by atoms with Crippen molar-refractivity contribution in [3.05, 3.63) is 64.8 Å². The molecule has 182 valence electrons. The first kappa shape index (κ1) is 25.3. The molecule has 1 amide bonds. The first-order chi connectivity index (χ1) is 16.2. The molecule has 0 saturated heterocycles. The monoisotopic (exact) mass is 464 g/mol. The van der Waals surface area contributed by atoms with Crippen LogP contribution in [0.1, 0.15) is 67.6 Å². The number of rotatable bonds is 11. The van der Waals surface area contributed by atoms with E-state index in [9.17, 15) is 14.7 Å². The summed E-state index contributed by atoms with van der Waals surface area (Å²) in [4.78, 5) is 24.0. The van der Waals surface area contributed by atoms with Gasteiger partial charge >= 0.3 is 5.97 Å². The fraction of sp³-hybridized carbons (Fsp3) is 0.429. The van der Waals surface area contributed by atoms with E-state index in [1.165, 1.54) is 0 Å². The second-order valence-electron chi connectivity index (χ2n) is 9.52. The molecule has 6 nitrogen and oxygen atoms in total. The number of benzene rings is 2. The highest BCUT2D eigenvalue weighted by Crippen LogP contribution is 2.31. The third-order valence-corrected chi connectivity index (χ3v) is 6.20. The van der Waals surface area contributed by atoms with Crippen molar-refractivity contribution in [3.63, 3.8) is 0 Å². The number of aryl methyl sites for hydroxylation is 1. The predicted octanol–water partition coefficient (Wildman–Crippen LogP) is 5.44. The molecule has 0 radical (unpaired) electrons. The summed E-state index contributed by atoms with van der Waals surface area (Å²) in [6.45, 7) is 9.78. The van der Waals surface area contributed by atoms with Crippen molar-refractivity contribution in [1.29, 1.82) is 0 Å². The Kier molecular flexibility index (Phi) is 8.02. The Morgan fingerprint density at radius 2 is 1.82 bits per heavy atom. The summed E-state index contributed by atoms with van der Waals surface area (Å²) in [7, 11) is 1.56. The van der Waals surface area contributed by atoms with Gasteiger partial charge in [0.1, 0.15) is 5.75 Å². The van der Waals surface area contributed by atoms with Gasteiger partial charge in [-0.1, -0.05) is 39.8 Å². The van der Waals surface area contributed by atoms with Crippen LogP contribution in [0.3, 0.4) is 0 Å². The van der Waals surface area contributed by atoms with Crippen molar-refractivity contribution in [2.45, 2.75) is 59.9 Å². The highest BCUT2D eigenvalue weighted by Gasteiger charge is 2.28. The van der Waals surface area contributed by atoms with Crippen molar-refractivity contribution >= 4 is 22.8 Å². The predicted molar refractivity (Wildman–Crippen MR) is 136 cm³/mol. The van der Waals surface area contributed by atoms with Crippen LogP contribution < -0.4 is 10.1 Å². The van der Waals surface area contributed by atoms with E-state index in [0.717, 1.165) is 47.0 Å². The van der Waals surface area contributed by atoms with Crippen LogP contribution in [-0.4, -0.2) is 35.2 Å². The Balaban J connectivity index is 1.98. The molecule has 3 aromatic rings. The molecule has 0 unspecified atom stereocenters. The first-order valence-electron chi connectivity index (χ1n) is 12.0. The molecule has 0 atom stereocenters. The van der Waals surface area contributed by atoms with E-state index in [1.54, 1.807) is 19.2 Å². The maximum atomic E-state index is 12.7. The minimum Gasteiger partial charge on any atom is -0.496 e. The van der Waals surface area contributed by atoms with E-state index in [4.69, 9.17) is 4.74 Å². The number of nitrogens with zero attached hydrogens (tertiary/aromatic N) is 1. The van der Waals surface area contributed by atoms with Crippen LogP contribution in [-0.2, 0) is 24.2 Å². The zero-order valence-corrected chi connectivity index (χ0v) is 20.9. The molecule has 34 heavy (non-hydrogen) atoms. The molecule has 0 fully saturated rings. The molecular formula is C28H36N2O4. The summed E-state index contributed by atoms with van der Waals surface area (Å²) in [6.07, 6.45) is 5.39. The summed E-state index contributed by atoms with van der Waals surface area (Å²) in [5.74, 6) is -0.331. The molecule has 2 N–H and O–H groups in total. The van der Waals surface area contributed by atoms with Gasteiger partial charge in [0, 0.05) is 42.0 Å². The quantitative estimate of drug-likeness (QED) is 0.396. The van der Waals surface area contributed by atoms with E-state index in [0.29, 0.717) is 25.1 Å². The first-order valence-corrected chi connectivity index (χ1v) is 12.0. The number of nitrogens with one attached hydrogen (secondary N) is 1. The largest absolute Gasteiger partial charge is 0.496 e. The Morgan fingerprint density at radius 3 is 2.47 bits per heavy atom. The highest BCUT2D eigenvalue weighted by atomic mass is 16.5. The van der Waals surface area contributed by atoms with E-state index >= 15 is 0 Å². The number of amides is 1. The number of carboxylic acid groups (broad SMARTS) is 1. The highest BCUT2D eigenvalue weighted by molar-refractivity contribution is 5.89. The Morgan fingerprint density at radius 1 is 1.06 bits per heavy atom. The molecule has 0 aliphatic heterocycles. The van der Waals surface area contributed by atoms with Crippen LogP contribution in [0.4, 0.5) is 0 Å². The van der Waals surface area contributed by atoms with Crippen LogP contribution >= 0.6 is 0 Å². The molecular weight excluding hydrogens is 428 g/mol. The topological polar surface area (TPSA) is 80.6 Å². The minimum atomic E-state index is -0.973. The lowest BCUT2D eigenvalue weighted by atomic mass is 9.84. The molecule has 0 bridgehead atoms. The van der Waals surface area contributed by atoms with Gasteiger partial charge in [0.25, 0.3) is 0 Å². The van der Waals surface area contributed by atoms with E-state index in [2.05, 4.69) is 41.2 Å². The number of carbonyl (C=O) groups excluding carboxylic acids is 1. The van der Waals surface area contributed by atoms with Gasteiger partial charge in [0.2, 0.25) is 5.91 Å². The zero-order chi connectivity index (χ0) is 24.9. The lowest BCUT2D eigenvalue weighted by molar-refractivity contribution is -0.129. The number of aromatic carboxylic acids is 1. The third kappa shape index (κ3) is 5.61. The average molecular weight is 465 g/mol. The number of carbonyl (C=O) groups is 2. The van der Waals surface area contributed by atoms with Crippen LogP contribution in [0.15, 0.2) is 42.6 Å². The Hall–Kier alpha value is -3.28. The van der Waals surface area contributed by atoms with Gasteiger partial charge in [-0.3, -0.25) is 4.79 Å². The van der Waals surface area contributed by atoms with Crippen molar-refractivity contribution in [3.8, 4) is 5.75 Å². The number of aromatic nitrogens is 1. The fourth-order valence-corrected chi connectivity index (χ4v) is 4.39. The molecule has 3 rings (SSSR count). The van der Waals surface area contributed by atoms with Crippen LogP contribution in [0, 0.1) is 5.41 Å². The fourth-order valence-electron chi connectivity index (χ4n) is 4.39. The third-order valence-electron chi connectivity index (χ3n) is 6.20. The maximum Gasteiger partial charge on any atom is 0.335 e. The van der Waals surface area contributed by atoms with Gasteiger partial charge in [-0.05, 0) is 60.2 Å². The molecule has 2 aromatic carbocycles. The normalized spacial score (nSPS) is 11.6. The number of carboxylic acids is 1. The SMILES string of the molecule is CCCNC(=O)C(C)(C)Cc1ccc2c(c1)c(Cc1ccc(C(=O)O)cc1OC)cn2CCC. The van der Waals surface area contributed by atoms with Crippen molar-refractivity contribution < 1.29 is 19.4 Å². The molecule has 0 saturated carbocycles. The van der Waals surface area contributed by atoms with Crippen LogP contribution in [0.2, 0.25) is 0 Å². The standard InChI is InChI=1S/C28H36N2O4/c1-6-12-29-27(33)28(3,4)17-19-8-11-24-23(14-19)22(18-30(24)13-7-2)15-20-9-10-21(26(31)32)16-25(20)34-5/h8-11,14,16,18H,6-7,12-13,15,17H2,1-5H3,(H,29,33)(H,31,32). The van der Waals surface area contributed by atoms with Gasteiger partial charge in [-0.25, -0.2) is 4.79 Å². The van der Waals surface area contributed by atoms with Gasteiger partial charge in [0.15, 0.2) is 0 Å². The number of fused-ring (bicyclic) bond motifs is 1. The van der Waals surface area contributed by atoms with Crippen LogP contribution in [0.5, 0.6) is 5.75 Å². The zero-order valence-electron chi connectivity index (χ0n) is 20.9.